The summed E-state index contributed by atoms with van der Waals surface area (Å²) in [4.78, 5) is 24.5. The molecular formula is C22H27ClN2O3. The van der Waals surface area contributed by atoms with Crippen LogP contribution >= 0.6 is 11.6 Å². The zero-order valence-corrected chi connectivity index (χ0v) is 17.5. The molecule has 2 amide bonds. The third kappa shape index (κ3) is 6.27. The standard InChI is InChI=1S/C22H27ClN2O3/c1-5-22(2,3)25-21(27)16-8-10-17(11-9-16)24-20(26)13-7-15-6-12-19(28-4)18(23)14-15/h6,8-12,14H,5,7,13H2,1-4H3,(H,24,26)(H,25,27). The lowest BCUT2D eigenvalue weighted by atomic mass is 10.0. The molecule has 0 bridgehead atoms. The lowest BCUT2D eigenvalue weighted by molar-refractivity contribution is -0.116. The third-order valence-corrected chi connectivity index (χ3v) is 4.92. The highest BCUT2D eigenvalue weighted by atomic mass is 35.5. The van der Waals surface area contributed by atoms with Gasteiger partial charge < -0.3 is 15.4 Å². The van der Waals surface area contributed by atoms with Crippen LogP contribution in [0.1, 0.15) is 49.5 Å². The van der Waals surface area contributed by atoms with Crippen LogP contribution in [0.4, 0.5) is 5.69 Å². The Balaban J connectivity index is 1.88. The number of anilines is 1. The van der Waals surface area contributed by atoms with Crippen LogP contribution < -0.4 is 15.4 Å². The van der Waals surface area contributed by atoms with Crippen LogP contribution in [0.15, 0.2) is 42.5 Å². The predicted octanol–water partition coefficient (Wildman–Crippen LogP) is 4.84. The van der Waals surface area contributed by atoms with Gasteiger partial charge in [0.2, 0.25) is 5.91 Å². The highest BCUT2D eigenvalue weighted by molar-refractivity contribution is 6.32. The minimum Gasteiger partial charge on any atom is -0.495 e. The fraction of sp³-hybridized carbons (Fsp3) is 0.364. The number of hydrogen-bond acceptors (Lipinski definition) is 3. The van der Waals surface area contributed by atoms with Gasteiger partial charge in [0.05, 0.1) is 12.1 Å². The van der Waals surface area contributed by atoms with Crippen molar-refractivity contribution in [1.82, 2.24) is 5.32 Å². The molecule has 2 aromatic carbocycles. The summed E-state index contributed by atoms with van der Waals surface area (Å²) in [6, 6.07) is 12.4. The summed E-state index contributed by atoms with van der Waals surface area (Å²) in [5.41, 5.74) is 1.93. The Kier molecular flexibility index (Phi) is 7.46. The Bertz CT molecular complexity index is 832. The number of benzene rings is 2. The molecule has 0 fully saturated rings. The summed E-state index contributed by atoms with van der Waals surface area (Å²) in [7, 11) is 1.56. The van der Waals surface area contributed by atoms with E-state index in [2.05, 4.69) is 10.6 Å². The van der Waals surface area contributed by atoms with Gasteiger partial charge >= 0.3 is 0 Å². The number of nitrogens with one attached hydrogen (secondary N) is 2. The zero-order chi connectivity index (χ0) is 20.7. The second-order valence-corrected chi connectivity index (χ2v) is 7.69. The van der Waals surface area contributed by atoms with Crippen LogP contribution in [0.5, 0.6) is 5.75 Å². The number of carbonyl (C=O) groups is 2. The van der Waals surface area contributed by atoms with Gasteiger partial charge in [-0.25, -0.2) is 0 Å². The monoisotopic (exact) mass is 402 g/mol. The molecule has 0 saturated heterocycles. The van der Waals surface area contributed by atoms with E-state index in [1.54, 1.807) is 43.5 Å². The lowest BCUT2D eigenvalue weighted by Crippen LogP contribution is -2.42. The smallest absolute Gasteiger partial charge is 0.251 e. The van der Waals surface area contributed by atoms with E-state index >= 15 is 0 Å². The molecule has 28 heavy (non-hydrogen) atoms. The molecule has 0 aliphatic carbocycles. The minimum atomic E-state index is -0.256. The summed E-state index contributed by atoms with van der Waals surface area (Å²) in [5.74, 6) is 0.388. The van der Waals surface area contributed by atoms with Gasteiger partial charge in [-0.3, -0.25) is 9.59 Å². The molecule has 0 unspecified atom stereocenters. The number of halogens is 1. The largest absolute Gasteiger partial charge is 0.495 e. The van der Waals surface area contributed by atoms with Crippen molar-refractivity contribution in [3.8, 4) is 5.75 Å². The van der Waals surface area contributed by atoms with Gasteiger partial charge in [-0.15, -0.1) is 0 Å². The molecule has 0 aromatic heterocycles. The molecular weight excluding hydrogens is 376 g/mol. The van der Waals surface area contributed by atoms with Crippen LogP contribution in [-0.4, -0.2) is 24.5 Å². The van der Waals surface area contributed by atoms with Crippen molar-refractivity contribution in [1.29, 1.82) is 0 Å². The first kappa shape index (κ1) is 21.8. The van der Waals surface area contributed by atoms with Crippen molar-refractivity contribution in [2.75, 3.05) is 12.4 Å². The fourth-order valence-electron chi connectivity index (χ4n) is 2.52. The quantitative estimate of drug-likeness (QED) is 0.664. The van der Waals surface area contributed by atoms with Crippen molar-refractivity contribution in [2.24, 2.45) is 0 Å². The number of rotatable bonds is 8. The molecule has 6 heteroatoms. The lowest BCUT2D eigenvalue weighted by Gasteiger charge is -2.24. The van der Waals surface area contributed by atoms with Gasteiger partial charge in [-0.2, -0.15) is 0 Å². The van der Waals surface area contributed by atoms with Gasteiger partial charge in [0, 0.05) is 23.2 Å². The Labute approximate surface area is 171 Å². The second kappa shape index (κ2) is 9.60. The van der Waals surface area contributed by atoms with Gasteiger partial charge in [0.15, 0.2) is 0 Å². The van der Waals surface area contributed by atoms with Gasteiger partial charge in [-0.1, -0.05) is 24.6 Å². The van der Waals surface area contributed by atoms with E-state index in [4.69, 9.17) is 16.3 Å². The number of ether oxygens (including phenoxy) is 1. The molecule has 2 rings (SSSR count). The topological polar surface area (TPSA) is 67.4 Å². The Morgan fingerprint density at radius 2 is 1.79 bits per heavy atom. The van der Waals surface area contributed by atoms with Gasteiger partial charge in [-0.05, 0) is 68.7 Å². The van der Waals surface area contributed by atoms with Crippen LogP contribution in [0.25, 0.3) is 0 Å². The van der Waals surface area contributed by atoms with Crippen LogP contribution in [0, 0.1) is 0 Å². The number of methoxy groups -OCH3 is 1. The normalized spacial score (nSPS) is 11.0. The minimum absolute atomic E-state index is 0.101. The first-order valence-electron chi connectivity index (χ1n) is 9.29. The molecule has 2 aromatic rings. The van der Waals surface area contributed by atoms with Gasteiger partial charge in [0.25, 0.3) is 5.91 Å². The van der Waals surface area contributed by atoms with Crippen molar-refractivity contribution in [3.05, 3.63) is 58.6 Å². The molecule has 0 spiro atoms. The average molecular weight is 403 g/mol. The van der Waals surface area contributed by atoms with E-state index in [1.165, 1.54) is 0 Å². The molecule has 0 heterocycles. The number of aryl methyl sites for hydroxylation is 1. The van der Waals surface area contributed by atoms with E-state index in [1.807, 2.05) is 26.8 Å². The van der Waals surface area contributed by atoms with Crippen LogP contribution in [0.2, 0.25) is 5.02 Å². The molecule has 2 N–H and O–H groups in total. The van der Waals surface area contributed by atoms with E-state index in [0.29, 0.717) is 34.9 Å². The van der Waals surface area contributed by atoms with Crippen LogP contribution in [-0.2, 0) is 11.2 Å². The summed E-state index contributed by atoms with van der Waals surface area (Å²) in [6.45, 7) is 5.99. The van der Waals surface area contributed by atoms with Crippen molar-refractivity contribution >= 4 is 29.1 Å². The molecule has 0 saturated carbocycles. The zero-order valence-electron chi connectivity index (χ0n) is 16.8. The third-order valence-electron chi connectivity index (χ3n) is 4.62. The highest BCUT2D eigenvalue weighted by Crippen LogP contribution is 2.25. The molecule has 0 radical (unpaired) electrons. The second-order valence-electron chi connectivity index (χ2n) is 7.29. The highest BCUT2D eigenvalue weighted by Gasteiger charge is 2.18. The summed E-state index contributed by atoms with van der Waals surface area (Å²) in [5, 5.41) is 6.36. The first-order valence-corrected chi connectivity index (χ1v) is 9.66. The number of carbonyl (C=O) groups excluding carboxylic acids is 2. The Morgan fingerprint density at radius 3 is 2.36 bits per heavy atom. The maximum absolute atomic E-state index is 12.3. The van der Waals surface area contributed by atoms with E-state index in [9.17, 15) is 9.59 Å². The molecule has 150 valence electrons. The Hall–Kier alpha value is -2.53. The molecule has 0 atom stereocenters. The van der Waals surface area contributed by atoms with Crippen molar-refractivity contribution in [3.63, 3.8) is 0 Å². The predicted molar refractivity (Wildman–Crippen MR) is 113 cm³/mol. The maximum Gasteiger partial charge on any atom is 0.251 e. The van der Waals surface area contributed by atoms with E-state index < -0.39 is 0 Å². The van der Waals surface area contributed by atoms with E-state index in [-0.39, 0.29) is 17.4 Å². The SMILES string of the molecule is CCC(C)(C)NC(=O)c1ccc(NC(=O)CCc2ccc(OC)c(Cl)c2)cc1. The van der Waals surface area contributed by atoms with Crippen molar-refractivity contribution < 1.29 is 14.3 Å². The van der Waals surface area contributed by atoms with Gasteiger partial charge in [0.1, 0.15) is 5.75 Å². The Morgan fingerprint density at radius 1 is 1.11 bits per heavy atom. The summed E-state index contributed by atoms with van der Waals surface area (Å²) >= 11 is 6.11. The maximum atomic E-state index is 12.3. The summed E-state index contributed by atoms with van der Waals surface area (Å²) in [6.07, 6.45) is 1.74. The van der Waals surface area contributed by atoms with Crippen LogP contribution in [0.3, 0.4) is 0 Å². The first-order chi connectivity index (χ1) is 13.2. The van der Waals surface area contributed by atoms with Crippen molar-refractivity contribution in [2.45, 2.75) is 45.6 Å². The number of amides is 2. The average Bonchev–Trinajstić information content (AvgIpc) is 2.66. The number of hydrogen-bond donors (Lipinski definition) is 2. The summed E-state index contributed by atoms with van der Waals surface area (Å²) < 4.78 is 5.12. The molecule has 0 aliphatic rings. The molecule has 5 nitrogen and oxygen atoms in total. The van der Waals surface area contributed by atoms with E-state index in [0.717, 1.165) is 12.0 Å². The molecule has 0 aliphatic heterocycles. The fourth-order valence-corrected chi connectivity index (χ4v) is 2.80.